The summed E-state index contributed by atoms with van der Waals surface area (Å²) in [5.41, 5.74) is 4.30. The van der Waals surface area contributed by atoms with E-state index in [0.29, 0.717) is 0 Å². The van der Waals surface area contributed by atoms with Crippen molar-refractivity contribution in [2.24, 2.45) is 0 Å². The van der Waals surface area contributed by atoms with Gasteiger partial charge < -0.3 is 4.57 Å². The number of hydrogen-bond donors (Lipinski definition) is 0. The van der Waals surface area contributed by atoms with Gasteiger partial charge in [-0.2, -0.15) is 0 Å². The van der Waals surface area contributed by atoms with Gasteiger partial charge in [-0.15, -0.1) is 10.2 Å². The molecule has 0 aliphatic carbocycles. The molecule has 0 unspecified atom stereocenters. The summed E-state index contributed by atoms with van der Waals surface area (Å²) in [7, 11) is 0. The molecule has 0 radical (unpaired) electrons. The second-order valence-electron chi connectivity index (χ2n) is 6.06. The van der Waals surface area contributed by atoms with Gasteiger partial charge >= 0.3 is 0 Å². The summed E-state index contributed by atoms with van der Waals surface area (Å²) < 4.78 is 2.29. The summed E-state index contributed by atoms with van der Waals surface area (Å²) in [5.74, 6) is 0.850. The number of para-hydroxylation sites is 1. The Labute approximate surface area is 151 Å². The number of fused-ring (bicyclic) bond motifs is 3. The summed E-state index contributed by atoms with van der Waals surface area (Å²) >= 11 is 1.63. The molecule has 0 aliphatic heterocycles. The number of benzene rings is 2. The van der Waals surface area contributed by atoms with E-state index >= 15 is 0 Å². The quantitative estimate of drug-likeness (QED) is 0.456. The van der Waals surface area contributed by atoms with Crippen molar-refractivity contribution in [1.29, 1.82) is 0 Å². The second-order valence-corrected chi connectivity index (χ2v) is 7.01. The fraction of sp³-hybridized carbons (Fsp3) is 0.250. The molecule has 5 heteroatoms. The lowest BCUT2D eigenvalue weighted by atomic mass is 10.2. The summed E-state index contributed by atoms with van der Waals surface area (Å²) in [6, 6.07) is 18.8. The van der Waals surface area contributed by atoms with E-state index in [4.69, 9.17) is 4.98 Å². The fourth-order valence-electron chi connectivity index (χ4n) is 3.02. The molecule has 25 heavy (non-hydrogen) atoms. The Morgan fingerprint density at radius 3 is 2.60 bits per heavy atom. The van der Waals surface area contributed by atoms with Crippen molar-refractivity contribution < 1.29 is 0 Å². The molecule has 2 aromatic carbocycles. The molecule has 4 rings (SSSR count). The monoisotopic (exact) mass is 348 g/mol. The third-order valence-corrected chi connectivity index (χ3v) is 5.21. The highest BCUT2D eigenvalue weighted by Crippen LogP contribution is 2.28. The van der Waals surface area contributed by atoms with Crippen molar-refractivity contribution in [2.45, 2.75) is 37.2 Å². The molecule has 4 aromatic rings. The maximum Gasteiger partial charge on any atom is 0.211 e. The van der Waals surface area contributed by atoms with E-state index in [0.717, 1.165) is 46.8 Å². The van der Waals surface area contributed by atoms with Gasteiger partial charge in [0.1, 0.15) is 5.52 Å². The Balaban J connectivity index is 1.72. The van der Waals surface area contributed by atoms with Crippen LogP contribution in [-0.4, -0.2) is 19.7 Å². The predicted molar refractivity (Wildman–Crippen MR) is 104 cm³/mol. The smallest absolute Gasteiger partial charge is 0.211 e. The number of aromatic nitrogens is 4. The summed E-state index contributed by atoms with van der Waals surface area (Å²) in [4.78, 5) is 4.83. The molecule has 0 aliphatic rings. The lowest BCUT2D eigenvalue weighted by Crippen LogP contribution is -2.01. The molecular weight excluding hydrogens is 328 g/mol. The van der Waals surface area contributed by atoms with Crippen molar-refractivity contribution in [3.05, 3.63) is 60.2 Å². The number of thioether (sulfide) groups is 1. The van der Waals surface area contributed by atoms with Gasteiger partial charge in [-0.05, 0) is 18.1 Å². The van der Waals surface area contributed by atoms with Crippen LogP contribution in [0.3, 0.4) is 0 Å². The van der Waals surface area contributed by atoms with Crippen molar-refractivity contribution in [2.75, 3.05) is 0 Å². The van der Waals surface area contributed by atoms with Crippen LogP contribution in [0.5, 0.6) is 0 Å². The highest BCUT2D eigenvalue weighted by molar-refractivity contribution is 7.98. The van der Waals surface area contributed by atoms with E-state index in [9.17, 15) is 0 Å². The van der Waals surface area contributed by atoms with Crippen LogP contribution >= 0.6 is 11.8 Å². The third kappa shape index (κ3) is 3.24. The number of rotatable bonds is 6. The molecule has 0 fully saturated rings. The van der Waals surface area contributed by atoms with Crippen molar-refractivity contribution in [3.8, 4) is 0 Å². The van der Waals surface area contributed by atoms with Gasteiger partial charge in [-0.25, -0.2) is 4.98 Å². The Kier molecular flexibility index (Phi) is 4.65. The molecule has 0 spiro atoms. The molecule has 4 nitrogen and oxygen atoms in total. The Bertz CT molecular complexity index is 995. The van der Waals surface area contributed by atoms with E-state index in [1.54, 1.807) is 11.8 Å². The van der Waals surface area contributed by atoms with Crippen molar-refractivity contribution >= 4 is 33.8 Å². The average Bonchev–Trinajstić information content (AvgIpc) is 2.98. The van der Waals surface area contributed by atoms with Crippen LogP contribution < -0.4 is 0 Å². The van der Waals surface area contributed by atoms with Crippen LogP contribution in [0.15, 0.2) is 59.8 Å². The van der Waals surface area contributed by atoms with E-state index in [2.05, 4.69) is 64.2 Å². The first-order valence-corrected chi connectivity index (χ1v) is 9.63. The minimum absolute atomic E-state index is 0.733. The summed E-state index contributed by atoms with van der Waals surface area (Å²) in [6.45, 7) is 3.17. The lowest BCUT2D eigenvalue weighted by molar-refractivity contribution is 0.656. The fourth-order valence-corrected chi connectivity index (χ4v) is 3.75. The second kappa shape index (κ2) is 7.23. The zero-order valence-corrected chi connectivity index (χ0v) is 15.0. The molecular formula is C20H20N4S. The summed E-state index contributed by atoms with van der Waals surface area (Å²) in [6.07, 6.45) is 2.28. The van der Waals surface area contributed by atoms with Gasteiger partial charge in [0.15, 0.2) is 5.65 Å². The van der Waals surface area contributed by atoms with E-state index < -0.39 is 0 Å². The molecule has 0 saturated carbocycles. The highest BCUT2D eigenvalue weighted by atomic mass is 32.2. The first-order valence-electron chi connectivity index (χ1n) is 8.65. The maximum absolute atomic E-state index is 4.83. The zero-order valence-electron chi connectivity index (χ0n) is 14.2. The van der Waals surface area contributed by atoms with Gasteiger partial charge in [0, 0.05) is 17.7 Å². The minimum atomic E-state index is 0.733. The molecule has 0 atom stereocenters. The SMILES string of the molecule is CCCCn1c2ccccc2c2nnc(SCc3ccccc3)nc21. The molecule has 0 amide bonds. The van der Waals surface area contributed by atoms with E-state index in [-0.39, 0.29) is 0 Å². The van der Waals surface area contributed by atoms with Gasteiger partial charge in [-0.3, -0.25) is 0 Å². The molecule has 2 heterocycles. The number of unbranched alkanes of at least 4 members (excludes halogenated alkanes) is 1. The van der Waals surface area contributed by atoms with E-state index in [1.807, 2.05) is 12.1 Å². The molecule has 2 aromatic heterocycles. The molecule has 0 saturated heterocycles. The number of aryl methyl sites for hydroxylation is 1. The Hall–Kier alpha value is -2.40. The van der Waals surface area contributed by atoms with Crippen LogP contribution in [0.4, 0.5) is 0 Å². The van der Waals surface area contributed by atoms with Crippen LogP contribution in [0, 0.1) is 0 Å². The third-order valence-electron chi connectivity index (χ3n) is 4.30. The maximum atomic E-state index is 4.83. The summed E-state index contributed by atoms with van der Waals surface area (Å²) in [5, 5.41) is 10.7. The Morgan fingerprint density at radius 1 is 0.960 bits per heavy atom. The van der Waals surface area contributed by atoms with Gasteiger partial charge in [0.2, 0.25) is 5.16 Å². The van der Waals surface area contributed by atoms with Crippen molar-refractivity contribution in [1.82, 2.24) is 19.7 Å². The van der Waals surface area contributed by atoms with Crippen LogP contribution in [0.2, 0.25) is 0 Å². The van der Waals surface area contributed by atoms with Gasteiger partial charge in [0.25, 0.3) is 0 Å². The first kappa shape index (κ1) is 16.1. The molecule has 0 bridgehead atoms. The molecule has 0 N–H and O–H groups in total. The van der Waals surface area contributed by atoms with Crippen LogP contribution in [0.25, 0.3) is 22.1 Å². The van der Waals surface area contributed by atoms with Gasteiger partial charge in [-0.1, -0.05) is 73.6 Å². The zero-order chi connectivity index (χ0) is 17.1. The molecule has 126 valence electrons. The van der Waals surface area contributed by atoms with E-state index in [1.165, 1.54) is 11.1 Å². The largest absolute Gasteiger partial charge is 0.324 e. The van der Waals surface area contributed by atoms with Crippen LogP contribution in [0.1, 0.15) is 25.3 Å². The predicted octanol–water partition coefficient (Wildman–Crippen LogP) is 5.07. The van der Waals surface area contributed by atoms with Crippen molar-refractivity contribution in [3.63, 3.8) is 0 Å². The highest BCUT2D eigenvalue weighted by Gasteiger charge is 2.14. The Morgan fingerprint density at radius 2 is 1.76 bits per heavy atom. The van der Waals surface area contributed by atoms with Gasteiger partial charge in [0.05, 0.1) is 5.52 Å². The minimum Gasteiger partial charge on any atom is -0.324 e. The lowest BCUT2D eigenvalue weighted by Gasteiger charge is -2.06. The standard InChI is InChI=1S/C20H20N4S/c1-2-3-13-24-17-12-8-7-11-16(17)18-19(24)21-20(23-22-18)25-14-15-9-5-4-6-10-15/h4-12H,2-3,13-14H2,1H3. The topological polar surface area (TPSA) is 43.6 Å². The average molecular weight is 348 g/mol. The first-order chi connectivity index (χ1) is 12.4. The van der Waals surface area contributed by atoms with Crippen LogP contribution in [-0.2, 0) is 12.3 Å². The normalized spacial score (nSPS) is 11.4. The number of nitrogens with zero attached hydrogens (tertiary/aromatic N) is 4. The number of hydrogen-bond acceptors (Lipinski definition) is 4.